The van der Waals surface area contributed by atoms with E-state index in [1.807, 2.05) is 0 Å². The van der Waals surface area contributed by atoms with Crippen LogP contribution >= 0.6 is 0 Å². The van der Waals surface area contributed by atoms with Crippen molar-refractivity contribution in [2.24, 2.45) is 33.7 Å². The number of carbonyl (C=O) groups is 1. The lowest BCUT2D eigenvalue weighted by Gasteiger charge is -2.57. The summed E-state index contributed by atoms with van der Waals surface area (Å²) in [5, 5.41) is 13.1. The van der Waals surface area contributed by atoms with Crippen molar-refractivity contribution in [1.82, 2.24) is 0 Å². The van der Waals surface area contributed by atoms with Crippen LogP contribution in [0.4, 0.5) is 0 Å². The number of oxime groups is 1. The van der Waals surface area contributed by atoms with E-state index in [4.69, 9.17) is 4.74 Å². The molecule has 4 rings (SSSR count). The molecule has 1 N–H and O–H groups in total. The molecule has 0 heterocycles. The Morgan fingerprint density at radius 2 is 1.92 bits per heavy atom. The molecule has 4 nitrogen and oxygen atoms in total. The summed E-state index contributed by atoms with van der Waals surface area (Å²) >= 11 is 0. The molecule has 4 aliphatic rings. The van der Waals surface area contributed by atoms with E-state index in [9.17, 15) is 10.0 Å². The van der Waals surface area contributed by atoms with Gasteiger partial charge in [-0.15, -0.1) is 0 Å². The van der Waals surface area contributed by atoms with Crippen molar-refractivity contribution in [1.29, 1.82) is 0 Å². The SMILES string of the molecule is CC(=O)O[C@H]1CC[C@@]2(C)C(=CC[C@@H]3[C@H]2CC[C@@]2(C)/C(=N/O)CC[C@H]32)C1. The first kappa shape index (κ1) is 17.1. The molecule has 0 aromatic carbocycles. The maximum absolute atomic E-state index is 11.3. The van der Waals surface area contributed by atoms with E-state index < -0.39 is 0 Å². The fourth-order valence-electron chi connectivity index (χ4n) is 6.92. The molecule has 0 unspecified atom stereocenters. The highest BCUT2D eigenvalue weighted by Crippen LogP contribution is 2.64. The Bertz CT molecular complexity index is 639. The number of carbonyl (C=O) groups excluding carboxylic acids is 1. The van der Waals surface area contributed by atoms with E-state index in [1.165, 1.54) is 25.3 Å². The summed E-state index contributed by atoms with van der Waals surface area (Å²) in [7, 11) is 0. The highest BCUT2D eigenvalue weighted by Gasteiger charge is 2.58. The Hall–Kier alpha value is -1.32. The van der Waals surface area contributed by atoms with Crippen molar-refractivity contribution in [3.8, 4) is 0 Å². The molecule has 6 atom stereocenters. The molecule has 138 valence electrons. The molecule has 0 aromatic heterocycles. The van der Waals surface area contributed by atoms with Gasteiger partial charge in [-0.25, -0.2) is 0 Å². The van der Waals surface area contributed by atoms with Gasteiger partial charge in [0.15, 0.2) is 0 Å². The lowest BCUT2D eigenvalue weighted by Crippen LogP contribution is -2.50. The second kappa shape index (κ2) is 5.85. The highest BCUT2D eigenvalue weighted by molar-refractivity contribution is 5.92. The van der Waals surface area contributed by atoms with Gasteiger partial charge in [0.2, 0.25) is 0 Å². The topological polar surface area (TPSA) is 58.9 Å². The molecule has 0 spiro atoms. The van der Waals surface area contributed by atoms with Crippen LogP contribution in [0.3, 0.4) is 0 Å². The van der Waals surface area contributed by atoms with E-state index >= 15 is 0 Å². The average Bonchev–Trinajstić information content (AvgIpc) is 2.91. The summed E-state index contributed by atoms with van der Waals surface area (Å²) in [6, 6.07) is 0. The number of esters is 1. The van der Waals surface area contributed by atoms with Gasteiger partial charge in [-0.05, 0) is 68.1 Å². The van der Waals surface area contributed by atoms with E-state index in [0.29, 0.717) is 11.8 Å². The molecule has 0 aromatic rings. The van der Waals surface area contributed by atoms with Gasteiger partial charge in [0.05, 0.1) is 5.71 Å². The van der Waals surface area contributed by atoms with Crippen molar-refractivity contribution in [3.05, 3.63) is 11.6 Å². The largest absolute Gasteiger partial charge is 0.462 e. The third-order valence-corrected chi connectivity index (χ3v) is 8.25. The molecule has 0 amide bonds. The van der Waals surface area contributed by atoms with Gasteiger partial charge in [0.25, 0.3) is 0 Å². The summed E-state index contributed by atoms with van der Waals surface area (Å²) in [6.45, 7) is 6.30. The van der Waals surface area contributed by atoms with Crippen LogP contribution in [0.1, 0.15) is 72.1 Å². The highest BCUT2D eigenvalue weighted by atomic mass is 16.5. The average molecular weight is 345 g/mol. The number of hydrogen-bond acceptors (Lipinski definition) is 4. The van der Waals surface area contributed by atoms with Crippen molar-refractivity contribution in [2.75, 3.05) is 0 Å². The normalized spacial score (nSPS) is 47.5. The van der Waals surface area contributed by atoms with Gasteiger partial charge < -0.3 is 9.94 Å². The molecule has 3 fully saturated rings. The third kappa shape index (κ3) is 2.47. The number of ether oxygens (including phenoxy) is 1. The standard InChI is InChI=1S/C21H31NO3/c1-13(23)25-15-8-10-20(2)14(12-15)4-5-16-17-6-7-19(22-24)21(17,3)11-9-18(16)20/h4,15-18,24H,5-12H2,1-3H3/b22-19+/t15-,16-,17+,18+,20-,21+/m0/s1. The van der Waals surface area contributed by atoms with Crippen molar-refractivity contribution >= 4 is 11.7 Å². The van der Waals surface area contributed by atoms with Crippen molar-refractivity contribution in [2.45, 2.75) is 78.2 Å². The maximum Gasteiger partial charge on any atom is 0.302 e. The lowest BCUT2D eigenvalue weighted by atomic mass is 9.48. The molecule has 3 saturated carbocycles. The van der Waals surface area contributed by atoms with Gasteiger partial charge in [0, 0.05) is 18.8 Å². The molecule has 0 bridgehead atoms. The van der Waals surface area contributed by atoms with E-state index in [-0.39, 0.29) is 22.9 Å². The molecule has 4 heteroatoms. The minimum atomic E-state index is -0.155. The smallest absolute Gasteiger partial charge is 0.302 e. The first-order chi connectivity index (χ1) is 11.9. The molecular weight excluding hydrogens is 314 g/mol. The first-order valence-electron chi connectivity index (χ1n) is 9.96. The Labute approximate surface area is 150 Å². The van der Waals surface area contributed by atoms with Crippen LogP contribution in [-0.2, 0) is 9.53 Å². The Morgan fingerprint density at radius 3 is 2.64 bits per heavy atom. The summed E-state index contributed by atoms with van der Waals surface area (Å²) in [5.41, 5.74) is 2.94. The van der Waals surface area contributed by atoms with Gasteiger partial charge in [-0.2, -0.15) is 0 Å². The lowest BCUT2D eigenvalue weighted by molar-refractivity contribution is -0.148. The minimum absolute atomic E-state index is 0.0711. The van der Waals surface area contributed by atoms with Gasteiger partial charge >= 0.3 is 5.97 Å². The molecule has 0 aliphatic heterocycles. The maximum atomic E-state index is 11.3. The Morgan fingerprint density at radius 1 is 1.20 bits per heavy atom. The van der Waals surface area contributed by atoms with Crippen LogP contribution in [0.2, 0.25) is 0 Å². The monoisotopic (exact) mass is 345 g/mol. The van der Waals surface area contributed by atoms with Crippen molar-refractivity contribution < 1.29 is 14.7 Å². The fourth-order valence-corrected chi connectivity index (χ4v) is 6.92. The second-order valence-electron chi connectivity index (χ2n) is 9.28. The quantitative estimate of drug-likeness (QED) is 0.324. The van der Waals surface area contributed by atoms with Gasteiger partial charge in [-0.3, -0.25) is 4.79 Å². The molecule has 0 radical (unpaired) electrons. The number of fused-ring (bicyclic) bond motifs is 5. The van der Waals surface area contributed by atoms with Gasteiger partial charge in [0.1, 0.15) is 6.10 Å². The fraction of sp³-hybridized carbons (Fsp3) is 0.810. The van der Waals surface area contributed by atoms with E-state index in [2.05, 4.69) is 25.1 Å². The summed E-state index contributed by atoms with van der Waals surface area (Å²) in [5.74, 6) is 1.93. The second-order valence-corrected chi connectivity index (χ2v) is 9.28. The van der Waals surface area contributed by atoms with Crippen LogP contribution in [0.25, 0.3) is 0 Å². The number of rotatable bonds is 1. The summed E-state index contributed by atoms with van der Waals surface area (Å²) in [4.78, 5) is 11.3. The predicted molar refractivity (Wildman–Crippen MR) is 96.5 cm³/mol. The molecule has 4 aliphatic carbocycles. The van der Waals surface area contributed by atoms with E-state index in [0.717, 1.165) is 50.2 Å². The zero-order valence-corrected chi connectivity index (χ0v) is 15.8. The van der Waals surface area contributed by atoms with Crippen LogP contribution < -0.4 is 0 Å². The van der Waals surface area contributed by atoms with E-state index in [1.54, 1.807) is 0 Å². The number of allylic oxidation sites excluding steroid dienone is 1. The van der Waals surface area contributed by atoms with Gasteiger partial charge in [-0.1, -0.05) is 30.7 Å². The summed E-state index contributed by atoms with van der Waals surface area (Å²) < 4.78 is 5.51. The zero-order valence-electron chi connectivity index (χ0n) is 15.8. The predicted octanol–water partition coefficient (Wildman–Crippen LogP) is 4.71. The first-order valence-corrected chi connectivity index (χ1v) is 9.96. The Balaban J connectivity index is 1.60. The summed E-state index contributed by atoms with van der Waals surface area (Å²) in [6.07, 6.45) is 11.2. The molecular formula is C21H31NO3. The van der Waals surface area contributed by atoms with Crippen molar-refractivity contribution in [3.63, 3.8) is 0 Å². The van der Waals surface area contributed by atoms with Crippen LogP contribution in [0.5, 0.6) is 0 Å². The number of nitrogens with zero attached hydrogens (tertiary/aromatic N) is 1. The Kier molecular flexibility index (Phi) is 4.01. The van der Waals surface area contributed by atoms with Crippen LogP contribution in [-0.4, -0.2) is 23.0 Å². The zero-order chi connectivity index (χ0) is 17.8. The minimum Gasteiger partial charge on any atom is -0.462 e. The molecule has 0 saturated heterocycles. The molecule has 25 heavy (non-hydrogen) atoms. The van der Waals surface area contributed by atoms with Crippen LogP contribution in [0.15, 0.2) is 16.8 Å². The third-order valence-electron chi connectivity index (χ3n) is 8.25. The van der Waals surface area contributed by atoms with Crippen LogP contribution in [0, 0.1) is 28.6 Å². The number of hydrogen-bond donors (Lipinski definition) is 1.